The van der Waals surface area contributed by atoms with Crippen LogP contribution in [0, 0.1) is 0 Å². The van der Waals surface area contributed by atoms with Gasteiger partial charge in [0.15, 0.2) is 0 Å². The number of ether oxygens (including phenoxy) is 1. The van der Waals surface area contributed by atoms with Crippen LogP contribution in [0.25, 0.3) is 0 Å². The van der Waals surface area contributed by atoms with Crippen LogP contribution >= 0.6 is 23.1 Å². The maximum Gasteiger partial charge on any atom is 0.150 e. The minimum atomic E-state index is 0.887. The molecule has 108 valence electrons. The molecule has 0 radical (unpaired) electrons. The first-order valence-corrected chi connectivity index (χ1v) is 8.58. The van der Waals surface area contributed by atoms with Gasteiger partial charge in [0.1, 0.15) is 10.1 Å². The van der Waals surface area contributed by atoms with Gasteiger partial charge in [0.25, 0.3) is 0 Å². The predicted octanol–water partition coefficient (Wildman–Crippen LogP) is 3.94. The third-order valence-corrected chi connectivity index (χ3v) is 4.88. The Labute approximate surface area is 128 Å². The summed E-state index contributed by atoms with van der Waals surface area (Å²) in [5, 5.41) is 5.43. The zero-order valence-corrected chi connectivity index (χ0v) is 13.5. The predicted molar refractivity (Wildman–Crippen MR) is 86.7 cm³/mol. The van der Waals surface area contributed by atoms with Crippen LogP contribution in [0.5, 0.6) is 5.75 Å². The van der Waals surface area contributed by atoms with E-state index in [2.05, 4.69) is 35.4 Å². The molecule has 0 unspecified atom stereocenters. The van der Waals surface area contributed by atoms with Gasteiger partial charge in [0.05, 0.1) is 7.11 Å². The van der Waals surface area contributed by atoms with E-state index in [-0.39, 0.29) is 0 Å². The van der Waals surface area contributed by atoms with Gasteiger partial charge in [-0.05, 0) is 30.7 Å². The summed E-state index contributed by atoms with van der Waals surface area (Å²) in [4.78, 5) is 4.30. The Bertz CT molecular complexity index is 515. The fourth-order valence-corrected chi connectivity index (χ4v) is 3.50. The van der Waals surface area contributed by atoms with Crippen molar-refractivity contribution in [3.63, 3.8) is 0 Å². The maximum atomic E-state index is 5.45. The minimum absolute atomic E-state index is 0.887. The van der Waals surface area contributed by atoms with Gasteiger partial charge in [-0.1, -0.05) is 24.8 Å². The number of hydrogen-bond acceptors (Lipinski definition) is 5. The summed E-state index contributed by atoms with van der Waals surface area (Å²) in [7, 11) is 1.72. The van der Waals surface area contributed by atoms with Crippen molar-refractivity contribution in [1.29, 1.82) is 0 Å². The SMILES string of the molecule is CCCNCc1ccc(OC)c(CSc2nccs2)c1. The summed E-state index contributed by atoms with van der Waals surface area (Å²) < 4.78 is 6.54. The molecule has 0 saturated carbocycles. The summed E-state index contributed by atoms with van der Waals surface area (Å²) in [6, 6.07) is 6.40. The fraction of sp³-hybridized carbons (Fsp3) is 0.400. The molecule has 0 saturated heterocycles. The lowest BCUT2D eigenvalue weighted by Gasteiger charge is -2.10. The van der Waals surface area contributed by atoms with Crippen LogP contribution in [0.1, 0.15) is 24.5 Å². The zero-order valence-electron chi connectivity index (χ0n) is 11.9. The molecule has 0 aliphatic heterocycles. The van der Waals surface area contributed by atoms with E-state index >= 15 is 0 Å². The molecule has 0 spiro atoms. The molecule has 1 aromatic heterocycles. The van der Waals surface area contributed by atoms with E-state index < -0.39 is 0 Å². The van der Waals surface area contributed by atoms with Gasteiger partial charge in [0.2, 0.25) is 0 Å². The van der Waals surface area contributed by atoms with Crippen LogP contribution in [-0.4, -0.2) is 18.6 Å². The lowest BCUT2D eigenvalue weighted by molar-refractivity contribution is 0.411. The lowest BCUT2D eigenvalue weighted by Crippen LogP contribution is -2.13. The highest BCUT2D eigenvalue weighted by atomic mass is 32.2. The van der Waals surface area contributed by atoms with Crippen LogP contribution in [0.4, 0.5) is 0 Å². The van der Waals surface area contributed by atoms with Crippen molar-refractivity contribution in [2.45, 2.75) is 30.0 Å². The molecular formula is C15H20N2OS2. The van der Waals surface area contributed by atoms with E-state index in [1.54, 1.807) is 30.2 Å². The molecule has 0 bridgehead atoms. The first-order chi connectivity index (χ1) is 9.83. The van der Waals surface area contributed by atoms with Crippen molar-refractivity contribution in [2.24, 2.45) is 0 Å². The molecule has 1 N–H and O–H groups in total. The highest BCUT2D eigenvalue weighted by molar-refractivity contribution is 8.00. The zero-order chi connectivity index (χ0) is 14.2. The van der Waals surface area contributed by atoms with Gasteiger partial charge in [-0.2, -0.15) is 0 Å². The molecular weight excluding hydrogens is 288 g/mol. The number of thiazole rings is 1. The number of nitrogens with zero attached hydrogens (tertiary/aromatic N) is 1. The van der Waals surface area contributed by atoms with Crippen LogP contribution in [0.3, 0.4) is 0 Å². The first kappa shape index (κ1) is 15.4. The van der Waals surface area contributed by atoms with Crippen LogP contribution in [0.15, 0.2) is 34.1 Å². The van der Waals surface area contributed by atoms with E-state index in [9.17, 15) is 0 Å². The van der Waals surface area contributed by atoms with Gasteiger partial charge < -0.3 is 10.1 Å². The molecule has 5 heteroatoms. The van der Waals surface area contributed by atoms with Crippen molar-refractivity contribution in [3.05, 3.63) is 40.9 Å². The van der Waals surface area contributed by atoms with E-state index in [1.165, 1.54) is 11.1 Å². The molecule has 2 rings (SSSR count). The Morgan fingerprint density at radius 1 is 1.40 bits per heavy atom. The number of benzene rings is 1. The Hall–Kier alpha value is -1.04. The quantitative estimate of drug-likeness (QED) is 0.591. The van der Waals surface area contributed by atoms with E-state index in [0.29, 0.717) is 0 Å². The van der Waals surface area contributed by atoms with Crippen LogP contribution < -0.4 is 10.1 Å². The highest BCUT2D eigenvalue weighted by Gasteiger charge is 2.06. The Kier molecular flexibility index (Phi) is 6.36. The molecule has 0 fully saturated rings. The Balaban J connectivity index is 2.02. The second-order valence-corrected chi connectivity index (χ2v) is 6.53. The van der Waals surface area contributed by atoms with E-state index in [4.69, 9.17) is 4.74 Å². The largest absolute Gasteiger partial charge is 0.496 e. The maximum absolute atomic E-state index is 5.45. The number of methoxy groups -OCH3 is 1. The summed E-state index contributed by atoms with van der Waals surface area (Å²) in [6.45, 7) is 4.14. The monoisotopic (exact) mass is 308 g/mol. The Morgan fingerprint density at radius 3 is 3.00 bits per heavy atom. The smallest absolute Gasteiger partial charge is 0.150 e. The van der Waals surface area contributed by atoms with Gasteiger partial charge in [-0.3, -0.25) is 0 Å². The molecule has 1 aromatic carbocycles. The number of hydrogen-bond donors (Lipinski definition) is 1. The molecule has 0 aliphatic rings. The Morgan fingerprint density at radius 2 is 2.30 bits per heavy atom. The molecule has 0 atom stereocenters. The number of nitrogens with one attached hydrogen (secondary N) is 1. The fourth-order valence-electron chi connectivity index (χ4n) is 1.89. The van der Waals surface area contributed by atoms with Crippen LogP contribution in [0.2, 0.25) is 0 Å². The standard InChI is InChI=1S/C15H20N2OS2/c1-3-6-16-10-12-4-5-14(18-2)13(9-12)11-20-15-17-7-8-19-15/h4-5,7-9,16H,3,6,10-11H2,1-2H3. The summed E-state index contributed by atoms with van der Waals surface area (Å²) in [5.41, 5.74) is 2.53. The highest BCUT2D eigenvalue weighted by Crippen LogP contribution is 2.29. The average molecular weight is 308 g/mol. The molecule has 1 heterocycles. The van der Waals surface area contributed by atoms with Gasteiger partial charge in [-0.25, -0.2) is 4.98 Å². The molecule has 0 aliphatic carbocycles. The third kappa shape index (κ3) is 4.51. The minimum Gasteiger partial charge on any atom is -0.496 e. The molecule has 20 heavy (non-hydrogen) atoms. The topological polar surface area (TPSA) is 34.1 Å². The summed E-state index contributed by atoms with van der Waals surface area (Å²) in [5.74, 6) is 1.84. The van der Waals surface area contributed by atoms with Crippen molar-refractivity contribution in [2.75, 3.05) is 13.7 Å². The molecule has 0 amide bonds. The number of rotatable bonds is 8. The normalized spacial score (nSPS) is 10.7. The molecule has 3 nitrogen and oxygen atoms in total. The lowest BCUT2D eigenvalue weighted by atomic mass is 10.1. The van der Waals surface area contributed by atoms with Gasteiger partial charge >= 0.3 is 0 Å². The number of thioether (sulfide) groups is 1. The third-order valence-electron chi connectivity index (χ3n) is 2.86. The number of aromatic nitrogens is 1. The van der Waals surface area contributed by atoms with E-state index in [0.717, 1.165) is 35.4 Å². The van der Waals surface area contributed by atoms with E-state index in [1.807, 2.05) is 11.6 Å². The van der Waals surface area contributed by atoms with Crippen molar-refractivity contribution < 1.29 is 4.74 Å². The van der Waals surface area contributed by atoms with Crippen molar-refractivity contribution in [3.8, 4) is 5.75 Å². The first-order valence-electron chi connectivity index (χ1n) is 6.72. The average Bonchev–Trinajstić information content (AvgIpc) is 2.99. The van der Waals surface area contributed by atoms with Crippen molar-refractivity contribution >= 4 is 23.1 Å². The van der Waals surface area contributed by atoms with Gasteiger partial charge in [0, 0.05) is 29.4 Å². The second kappa shape index (κ2) is 8.29. The summed E-state index contributed by atoms with van der Waals surface area (Å²) >= 11 is 3.43. The van der Waals surface area contributed by atoms with Gasteiger partial charge in [-0.15, -0.1) is 11.3 Å². The summed E-state index contributed by atoms with van der Waals surface area (Å²) in [6.07, 6.45) is 3.00. The van der Waals surface area contributed by atoms with Crippen molar-refractivity contribution in [1.82, 2.24) is 10.3 Å². The second-order valence-electron chi connectivity index (χ2n) is 4.41. The van der Waals surface area contributed by atoms with Crippen LogP contribution in [-0.2, 0) is 12.3 Å². The molecule has 2 aromatic rings.